The molecule has 0 saturated carbocycles. The maximum absolute atomic E-state index is 12.1. The Bertz CT molecular complexity index is 697. The molecule has 2 rings (SSSR count). The van der Waals surface area contributed by atoms with E-state index in [1.54, 1.807) is 33.8 Å². The highest BCUT2D eigenvalue weighted by atomic mass is 16.6. The van der Waals surface area contributed by atoms with Crippen LogP contribution in [-0.4, -0.2) is 26.2 Å². The first-order valence-electron chi connectivity index (χ1n) is 6.05. The average molecular weight is 277 g/mol. The van der Waals surface area contributed by atoms with Gasteiger partial charge in [0.15, 0.2) is 0 Å². The second-order valence-electron chi connectivity index (χ2n) is 5.46. The minimum Gasteiger partial charge on any atom is -0.443 e. The molecule has 0 bridgehead atoms. The summed E-state index contributed by atoms with van der Waals surface area (Å²) in [5.74, 6) is 0. The molecule has 20 heavy (non-hydrogen) atoms. The summed E-state index contributed by atoms with van der Waals surface area (Å²) in [7, 11) is 0. The van der Waals surface area contributed by atoms with Crippen molar-refractivity contribution in [2.75, 3.05) is 0 Å². The van der Waals surface area contributed by atoms with Crippen LogP contribution in [0.5, 0.6) is 0 Å². The lowest BCUT2D eigenvalue weighted by Gasteiger charge is -2.20. The highest BCUT2D eigenvalue weighted by Crippen LogP contribution is 2.23. The summed E-state index contributed by atoms with van der Waals surface area (Å²) < 4.78 is 6.61. The van der Waals surface area contributed by atoms with E-state index >= 15 is 0 Å². The van der Waals surface area contributed by atoms with Gasteiger partial charge in [-0.15, -0.1) is 0 Å². The van der Waals surface area contributed by atoms with E-state index in [2.05, 4.69) is 4.98 Å². The first kappa shape index (κ1) is 14.0. The smallest absolute Gasteiger partial charge is 0.420 e. The number of fused-ring (bicyclic) bond motifs is 1. The molecule has 0 aliphatic heterocycles. The lowest BCUT2D eigenvalue weighted by atomic mass is 10.2. The second-order valence-corrected chi connectivity index (χ2v) is 5.46. The predicted molar refractivity (Wildman–Crippen MR) is 72.8 cm³/mol. The molecule has 0 amide bonds. The minimum atomic E-state index is -0.624. The maximum atomic E-state index is 12.1. The van der Waals surface area contributed by atoms with Crippen LogP contribution in [0.2, 0.25) is 0 Å². The number of carbonyl (C=O) groups is 1. The number of pyridine rings is 1. The third kappa shape index (κ3) is 2.61. The Labute approximate surface area is 115 Å². The topological polar surface area (TPSA) is 87.3 Å². The Morgan fingerprint density at radius 3 is 2.60 bits per heavy atom. The van der Waals surface area contributed by atoms with Crippen LogP contribution in [-0.2, 0) is 4.74 Å². The summed E-state index contributed by atoms with van der Waals surface area (Å²) in [4.78, 5) is 26.3. The van der Waals surface area contributed by atoms with Gasteiger partial charge in [0.1, 0.15) is 17.4 Å². The molecular weight excluding hydrogens is 262 g/mol. The molecule has 2 heterocycles. The van der Waals surface area contributed by atoms with E-state index in [1.807, 2.05) is 0 Å². The Morgan fingerprint density at radius 2 is 2.05 bits per heavy atom. The number of aromatic nitrogens is 2. The van der Waals surface area contributed by atoms with Crippen molar-refractivity contribution < 1.29 is 14.5 Å². The lowest BCUT2D eigenvalue weighted by Crippen LogP contribution is -2.27. The van der Waals surface area contributed by atoms with Crippen molar-refractivity contribution in [2.45, 2.75) is 33.3 Å². The van der Waals surface area contributed by atoms with Gasteiger partial charge in [-0.2, -0.15) is 0 Å². The molecule has 0 aliphatic rings. The van der Waals surface area contributed by atoms with Gasteiger partial charge < -0.3 is 4.74 Å². The summed E-state index contributed by atoms with van der Waals surface area (Å²) in [5.41, 5.74) is 0.226. The van der Waals surface area contributed by atoms with Gasteiger partial charge in [0.2, 0.25) is 0 Å². The van der Waals surface area contributed by atoms with Gasteiger partial charge >= 0.3 is 6.09 Å². The molecule has 0 aliphatic carbocycles. The monoisotopic (exact) mass is 277 g/mol. The summed E-state index contributed by atoms with van der Waals surface area (Å²) in [5, 5.41) is 11.3. The molecule has 0 saturated heterocycles. The van der Waals surface area contributed by atoms with Crippen LogP contribution in [0.4, 0.5) is 10.5 Å². The summed E-state index contributed by atoms with van der Waals surface area (Å²) >= 11 is 0. The SMILES string of the molecule is Cc1cc2cc([N+](=O)[O-])cnc2n1C(=O)OC(C)(C)C. The van der Waals surface area contributed by atoms with Gasteiger partial charge in [0.25, 0.3) is 5.69 Å². The van der Waals surface area contributed by atoms with E-state index in [-0.39, 0.29) is 5.69 Å². The van der Waals surface area contributed by atoms with Gasteiger partial charge in [-0.1, -0.05) is 0 Å². The van der Waals surface area contributed by atoms with Crippen LogP contribution in [0, 0.1) is 17.0 Å². The number of hydrogen-bond acceptors (Lipinski definition) is 5. The number of nitro groups is 1. The fourth-order valence-corrected chi connectivity index (χ4v) is 1.85. The van der Waals surface area contributed by atoms with Crippen molar-refractivity contribution >= 4 is 22.8 Å². The zero-order chi connectivity index (χ0) is 15.1. The highest BCUT2D eigenvalue weighted by Gasteiger charge is 2.22. The van der Waals surface area contributed by atoms with Crippen molar-refractivity contribution in [3.63, 3.8) is 0 Å². The largest absolute Gasteiger partial charge is 0.443 e. The van der Waals surface area contributed by atoms with Crippen LogP contribution >= 0.6 is 0 Å². The number of hydrogen-bond donors (Lipinski definition) is 0. The van der Waals surface area contributed by atoms with Crippen LogP contribution in [0.15, 0.2) is 18.3 Å². The first-order valence-corrected chi connectivity index (χ1v) is 6.05. The number of nitrogens with zero attached hydrogens (tertiary/aromatic N) is 3. The Kier molecular flexibility index (Phi) is 3.21. The number of aryl methyl sites for hydroxylation is 1. The minimum absolute atomic E-state index is 0.112. The molecule has 0 N–H and O–H groups in total. The molecule has 7 heteroatoms. The predicted octanol–water partition coefficient (Wildman–Crippen LogP) is 3.04. The van der Waals surface area contributed by atoms with E-state index in [4.69, 9.17) is 4.74 Å². The number of ether oxygens (including phenoxy) is 1. The molecule has 0 aromatic carbocycles. The first-order chi connectivity index (χ1) is 9.19. The molecule has 106 valence electrons. The molecule has 0 spiro atoms. The van der Waals surface area contributed by atoms with Crippen LogP contribution in [0.1, 0.15) is 26.5 Å². The fourth-order valence-electron chi connectivity index (χ4n) is 1.85. The Hall–Kier alpha value is -2.44. The third-order valence-electron chi connectivity index (χ3n) is 2.60. The molecule has 7 nitrogen and oxygen atoms in total. The van der Waals surface area contributed by atoms with Crippen molar-refractivity contribution in [1.29, 1.82) is 0 Å². The number of carbonyl (C=O) groups excluding carboxylic acids is 1. The van der Waals surface area contributed by atoms with E-state index in [0.29, 0.717) is 16.7 Å². The summed E-state index contributed by atoms with van der Waals surface area (Å²) in [6.45, 7) is 7.02. The molecule has 2 aromatic rings. The van der Waals surface area contributed by atoms with Gasteiger partial charge in [0.05, 0.1) is 4.92 Å². The van der Waals surface area contributed by atoms with Crippen molar-refractivity contribution in [3.8, 4) is 0 Å². The molecule has 0 unspecified atom stereocenters. The third-order valence-corrected chi connectivity index (χ3v) is 2.60. The van der Waals surface area contributed by atoms with Gasteiger partial charge in [0, 0.05) is 17.1 Å². The van der Waals surface area contributed by atoms with Gasteiger partial charge in [-0.3, -0.25) is 10.1 Å². The van der Waals surface area contributed by atoms with Crippen molar-refractivity contribution in [2.24, 2.45) is 0 Å². The van der Waals surface area contributed by atoms with Crippen molar-refractivity contribution in [1.82, 2.24) is 9.55 Å². The van der Waals surface area contributed by atoms with Crippen LogP contribution in [0.3, 0.4) is 0 Å². The summed E-state index contributed by atoms with van der Waals surface area (Å²) in [6, 6.07) is 3.05. The van der Waals surface area contributed by atoms with Crippen molar-refractivity contribution in [3.05, 3.63) is 34.1 Å². The molecule has 0 atom stereocenters. The van der Waals surface area contributed by atoms with Gasteiger partial charge in [-0.05, 0) is 33.8 Å². The fraction of sp³-hybridized carbons (Fsp3) is 0.385. The van der Waals surface area contributed by atoms with E-state index in [0.717, 1.165) is 6.20 Å². The quantitative estimate of drug-likeness (QED) is 0.590. The Balaban J connectivity index is 2.52. The zero-order valence-corrected chi connectivity index (χ0v) is 11.7. The van der Waals surface area contributed by atoms with E-state index in [1.165, 1.54) is 10.6 Å². The normalized spacial score (nSPS) is 11.6. The maximum Gasteiger partial charge on any atom is 0.420 e. The molecular formula is C13H15N3O4. The van der Waals surface area contributed by atoms with Gasteiger partial charge in [-0.25, -0.2) is 14.3 Å². The molecule has 2 aromatic heterocycles. The van der Waals surface area contributed by atoms with Crippen LogP contribution in [0.25, 0.3) is 11.0 Å². The second kappa shape index (κ2) is 4.59. The van der Waals surface area contributed by atoms with E-state index in [9.17, 15) is 14.9 Å². The standard InChI is InChI=1S/C13H15N3O4/c1-8-5-9-6-10(16(18)19)7-14-11(9)15(8)12(17)20-13(2,3)4/h5-7H,1-4H3. The Morgan fingerprint density at radius 1 is 1.40 bits per heavy atom. The lowest BCUT2D eigenvalue weighted by molar-refractivity contribution is -0.385. The number of rotatable bonds is 1. The highest BCUT2D eigenvalue weighted by molar-refractivity contribution is 5.89. The summed E-state index contributed by atoms with van der Waals surface area (Å²) in [6.07, 6.45) is 0.578. The van der Waals surface area contributed by atoms with Crippen LogP contribution < -0.4 is 0 Å². The average Bonchev–Trinajstić information content (AvgIpc) is 2.61. The zero-order valence-electron chi connectivity index (χ0n) is 11.7. The molecule has 0 fully saturated rings. The van der Waals surface area contributed by atoms with E-state index < -0.39 is 16.6 Å². The molecule has 0 radical (unpaired) electrons.